The monoisotopic (exact) mass is 378 g/mol. The van der Waals surface area contributed by atoms with E-state index in [0.29, 0.717) is 0 Å². The van der Waals surface area contributed by atoms with Gasteiger partial charge < -0.3 is 0 Å². The molecular weight excluding hydrogens is 360 g/mol. The quantitative estimate of drug-likeness (QED) is 0.360. The van der Waals surface area contributed by atoms with Crippen LogP contribution in [0.5, 0.6) is 0 Å². The Bertz CT molecular complexity index is 1270. The summed E-state index contributed by atoms with van der Waals surface area (Å²) in [5, 5.41) is 4.30. The number of rotatable bonds is 4. The molecule has 0 N–H and O–H groups in total. The molecule has 0 amide bonds. The van der Waals surface area contributed by atoms with Crippen molar-refractivity contribution in [1.82, 2.24) is 9.97 Å². The molecular formula is C25H18N2S. The van der Waals surface area contributed by atoms with Gasteiger partial charge in [-0.1, -0.05) is 54.6 Å². The van der Waals surface area contributed by atoms with Crippen molar-refractivity contribution in [2.75, 3.05) is 0 Å². The van der Waals surface area contributed by atoms with E-state index in [1.165, 1.54) is 10.5 Å². The number of aromatic nitrogens is 2. The Labute approximate surface area is 167 Å². The van der Waals surface area contributed by atoms with Crippen molar-refractivity contribution in [3.63, 3.8) is 0 Å². The molecule has 2 nitrogen and oxygen atoms in total. The minimum Gasteiger partial charge on any atom is -0.246 e. The Hall–Kier alpha value is -3.30. The van der Waals surface area contributed by atoms with E-state index in [-0.39, 0.29) is 0 Å². The lowest BCUT2D eigenvalue weighted by molar-refractivity contribution is 1.32. The van der Waals surface area contributed by atoms with E-state index in [9.17, 15) is 0 Å². The third-order valence-electron chi connectivity index (χ3n) is 4.79. The topological polar surface area (TPSA) is 25.8 Å². The number of pyridine rings is 2. The van der Waals surface area contributed by atoms with Gasteiger partial charge in [-0.2, -0.15) is 0 Å². The molecule has 1 aromatic carbocycles. The summed E-state index contributed by atoms with van der Waals surface area (Å²) in [5.74, 6) is 0. The fourth-order valence-corrected chi connectivity index (χ4v) is 3.93. The number of benzene rings is 1. The van der Waals surface area contributed by atoms with Gasteiger partial charge in [0.05, 0.1) is 22.4 Å². The first-order chi connectivity index (χ1) is 13.8. The third-order valence-corrected chi connectivity index (χ3v) is 5.63. The summed E-state index contributed by atoms with van der Waals surface area (Å²) in [5.41, 5.74) is 5.10. The molecule has 1 aliphatic carbocycles. The van der Waals surface area contributed by atoms with Gasteiger partial charge in [-0.05, 0) is 53.8 Å². The summed E-state index contributed by atoms with van der Waals surface area (Å²) in [6, 6.07) is 16.8. The maximum absolute atomic E-state index is 4.90. The van der Waals surface area contributed by atoms with Crippen LogP contribution >= 0.6 is 11.3 Å². The molecule has 0 bridgehead atoms. The van der Waals surface area contributed by atoms with Crippen molar-refractivity contribution in [2.45, 2.75) is 6.42 Å². The minimum atomic E-state index is 0.943. The second-order valence-corrected chi connectivity index (χ2v) is 7.72. The third kappa shape index (κ3) is 3.45. The predicted octanol–water partition coefficient (Wildman–Crippen LogP) is 6.91. The van der Waals surface area contributed by atoms with E-state index in [1.54, 1.807) is 11.3 Å². The average Bonchev–Trinajstić information content (AvgIpc) is 3.44. The molecule has 3 aromatic heterocycles. The van der Waals surface area contributed by atoms with Crippen LogP contribution < -0.4 is 0 Å². The number of thiophene rings is 1. The molecule has 134 valence electrons. The SMILES string of the molecule is C1=CCC(/C=C/c2ccc3ccc4ccc(/C=C/c5cccs5)nc4c3n2)=C1. The summed E-state index contributed by atoms with van der Waals surface area (Å²) < 4.78 is 0. The van der Waals surface area contributed by atoms with Gasteiger partial charge in [-0.15, -0.1) is 11.3 Å². The maximum Gasteiger partial charge on any atom is 0.0972 e. The first kappa shape index (κ1) is 16.8. The van der Waals surface area contributed by atoms with Crippen molar-refractivity contribution in [1.29, 1.82) is 0 Å². The molecule has 0 fully saturated rings. The molecule has 0 unspecified atom stereocenters. The predicted molar refractivity (Wildman–Crippen MR) is 121 cm³/mol. The van der Waals surface area contributed by atoms with Crippen LogP contribution in [0.2, 0.25) is 0 Å². The normalized spacial score (nSPS) is 14.1. The Kier molecular flexibility index (Phi) is 4.43. The molecule has 28 heavy (non-hydrogen) atoms. The zero-order chi connectivity index (χ0) is 18.8. The number of hydrogen-bond acceptors (Lipinski definition) is 3. The molecule has 0 saturated heterocycles. The first-order valence-electron chi connectivity index (χ1n) is 9.31. The van der Waals surface area contributed by atoms with Crippen molar-refractivity contribution in [3.05, 3.63) is 100 Å². The van der Waals surface area contributed by atoms with Gasteiger partial charge in [-0.3, -0.25) is 0 Å². The zero-order valence-electron chi connectivity index (χ0n) is 15.2. The van der Waals surface area contributed by atoms with E-state index < -0.39 is 0 Å². The summed E-state index contributed by atoms with van der Waals surface area (Å²) in [4.78, 5) is 11.0. The van der Waals surface area contributed by atoms with Gasteiger partial charge in [0, 0.05) is 15.6 Å². The highest BCUT2D eigenvalue weighted by Gasteiger charge is 2.05. The second-order valence-electron chi connectivity index (χ2n) is 6.74. The van der Waals surface area contributed by atoms with E-state index in [4.69, 9.17) is 9.97 Å². The molecule has 0 radical (unpaired) electrons. The summed E-state index contributed by atoms with van der Waals surface area (Å²) in [6.45, 7) is 0. The van der Waals surface area contributed by atoms with Gasteiger partial charge in [0.1, 0.15) is 0 Å². The highest BCUT2D eigenvalue weighted by Crippen LogP contribution is 2.24. The van der Waals surface area contributed by atoms with Gasteiger partial charge >= 0.3 is 0 Å². The van der Waals surface area contributed by atoms with Crippen LogP contribution in [0.3, 0.4) is 0 Å². The van der Waals surface area contributed by atoms with Crippen molar-refractivity contribution >= 4 is 51.4 Å². The van der Waals surface area contributed by atoms with Gasteiger partial charge in [0.25, 0.3) is 0 Å². The highest BCUT2D eigenvalue weighted by atomic mass is 32.1. The van der Waals surface area contributed by atoms with Gasteiger partial charge in [0.2, 0.25) is 0 Å². The lowest BCUT2D eigenvalue weighted by Crippen LogP contribution is -1.90. The van der Waals surface area contributed by atoms with Crippen LogP contribution in [0, 0.1) is 0 Å². The van der Waals surface area contributed by atoms with Crippen LogP contribution in [-0.2, 0) is 0 Å². The number of allylic oxidation sites excluding steroid dienone is 5. The Morgan fingerprint density at radius 1 is 0.750 bits per heavy atom. The van der Waals surface area contributed by atoms with Crippen LogP contribution in [0.25, 0.3) is 40.0 Å². The van der Waals surface area contributed by atoms with Crippen LogP contribution in [-0.4, -0.2) is 9.97 Å². The molecule has 0 aliphatic heterocycles. The summed E-state index contributed by atoms with van der Waals surface area (Å²) >= 11 is 1.72. The molecule has 0 spiro atoms. The standard InChI is InChI=1S/C25H18N2S/c1-2-5-18(4-1)7-12-21-13-10-19-8-9-20-11-14-22(27-25(20)24(19)26-21)15-16-23-6-3-17-28-23/h1-4,6-17H,5H2/b12-7+,16-15+. The Balaban J connectivity index is 1.56. The van der Waals surface area contributed by atoms with Crippen LogP contribution in [0.15, 0.2) is 83.8 Å². The van der Waals surface area contributed by atoms with Crippen LogP contribution in [0.1, 0.15) is 22.7 Å². The largest absolute Gasteiger partial charge is 0.246 e. The molecule has 3 heterocycles. The second kappa shape index (κ2) is 7.37. The average molecular weight is 379 g/mol. The number of fused-ring (bicyclic) bond motifs is 3. The molecule has 1 aliphatic rings. The minimum absolute atomic E-state index is 0.943. The van der Waals surface area contributed by atoms with Crippen molar-refractivity contribution in [2.24, 2.45) is 0 Å². The lowest BCUT2D eigenvalue weighted by Gasteiger charge is -2.05. The molecule has 0 atom stereocenters. The lowest BCUT2D eigenvalue weighted by atomic mass is 10.1. The number of nitrogens with zero attached hydrogens (tertiary/aromatic N) is 2. The number of hydrogen-bond donors (Lipinski definition) is 0. The van der Waals surface area contributed by atoms with E-state index in [1.807, 2.05) is 0 Å². The first-order valence-corrected chi connectivity index (χ1v) is 10.2. The van der Waals surface area contributed by atoms with Crippen LogP contribution in [0.4, 0.5) is 0 Å². The van der Waals surface area contributed by atoms with E-state index in [0.717, 1.165) is 39.6 Å². The van der Waals surface area contributed by atoms with Gasteiger partial charge in [-0.25, -0.2) is 9.97 Å². The summed E-state index contributed by atoms with van der Waals surface area (Å²) in [7, 11) is 0. The fourth-order valence-electron chi connectivity index (χ4n) is 3.32. The smallest absolute Gasteiger partial charge is 0.0972 e. The molecule has 4 aromatic rings. The van der Waals surface area contributed by atoms with Crippen molar-refractivity contribution < 1.29 is 0 Å². The van der Waals surface area contributed by atoms with E-state index in [2.05, 4.69) is 96.4 Å². The van der Waals surface area contributed by atoms with Crippen molar-refractivity contribution in [3.8, 4) is 0 Å². The molecule has 3 heteroatoms. The zero-order valence-corrected chi connectivity index (χ0v) is 16.1. The maximum atomic E-state index is 4.90. The fraction of sp³-hybridized carbons (Fsp3) is 0.0400. The highest BCUT2D eigenvalue weighted by molar-refractivity contribution is 7.10. The van der Waals surface area contributed by atoms with E-state index >= 15 is 0 Å². The Morgan fingerprint density at radius 3 is 2.04 bits per heavy atom. The summed E-state index contributed by atoms with van der Waals surface area (Å²) in [6.07, 6.45) is 15.8. The molecule has 5 rings (SSSR count). The Morgan fingerprint density at radius 2 is 1.43 bits per heavy atom. The van der Waals surface area contributed by atoms with Gasteiger partial charge in [0.15, 0.2) is 0 Å². The molecule has 0 saturated carbocycles.